The van der Waals surface area contributed by atoms with Crippen molar-refractivity contribution in [2.75, 3.05) is 6.61 Å². The van der Waals surface area contributed by atoms with Crippen LogP contribution in [-0.4, -0.2) is 11.7 Å². The number of aliphatic hydroxyl groups is 1. The minimum atomic E-state index is 0.0937. The van der Waals surface area contributed by atoms with Gasteiger partial charge in [-0.25, -0.2) is 0 Å². The van der Waals surface area contributed by atoms with Gasteiger partial charge in [0, 0.05) is 10.9 Å². The van der Waals surface area contributed by atoms with E-state index in [1.807, 2.05) is 24.3 Å². The van der Waals surface area contributed by atoms with Crippen LogP contribution in [0.5, 0.6) is 0 Å². The second-order valence-corrected chi connectivity index (χ2v) is 2.86. The third-order valence-electron chi connectivity index (χ3n) is 1.18. The highest BCUT2D eigenvalue weighted by molar-refractivity contribution is 9.10. The fourth-order valence-corrected chi connectivity index (χ4v) is 1.16. The van der Waals surface area contributed by atoms with Gasteiger partial charge in [-0.2, -0.15) is 0 Å². The molecule has 0 amide bonds. The fourth-order valence-electron chi connectivity index (χ4n) is 0.739. The van der Waals surface area contributed by atoms with E-state index in [0.29, 0.717) is 0 Å². The highest BCUT2D eigenvalue weighted by Gasteiger charge is 1.91. The summed E-state index contributed by atoms with van der Waals surface area (Å²) >= 11 is 3.33. The monoisotopic (exact) mass is 199 g/mol. The van der Waals surface area contributed by atoms with Crippen LogP contribution in [-0.2, 0) is 0 Å². The van der Waals surface area contributed by atoms with Gasteiger partial charge in [0.15, 0.2) is 0 Å². The zero-order chi connectivity index (χ0) is 7.40. The Kier molecular flexibility index (Phi) is 2.90. The summed E-state index contributed by atoms with van der Waals surface area (Å²) in [4.78, 5) is 0. The first-order valence-corrected chi connectivity index (χ1v) is 3.82. The number of hydrogen-bond donors (Lipinski definition) is 1. The van der Waals surface area contributed by atoms with Gasteiger partial charge in [-0.05, 0) is 17.7 Å². The van der Waals surface area contributed by atoms with Crippen molar-refractivity contribution in [3.05, 3.63) is 40.7 Å². The molecule has 53 valence electrons. The minimum absolute atomic E-state index is 0.0937. The highest BCUT2D eigenvalue weighted by atomic mass is 79.9. The summed E-state index contributed by atoms with van der Waals surface area (Å²) in [7, 11) is 0. The zero-order valence-corrected chi connectivity index (χ0v) is 7.01. The molecule has 0 fully saturated rings. The molecule has 1 radical (unpaired) electrons. The quantitative estimate of drug-likeness (QED) is 0.773. The Morgan fingerprint density at radius 3 is 2.90 bits per heavy atom. The van der Waals surface area contributed by atoms with E-state index >= 15 is 0 Å². The van der Waals surface area contributed by atoms with Crippen LogP contribution < -0.4 is 0 Å². The van der Waals surface area contributed by atoms with Crippen LogP contribution in [0.3, 0.4) is 0 Å². The fraction of sp³-hybridized carbons (Fsp3) is 0.125. The van der Waals surface area contributed by atoms with Crippen LogP contribution in [0.15, 0.2) is 28.7 Å². The lowest BCUT2D eigenvalue weighted by Crippen LogP contribution is -1.85. The second kappa shape index (κ2) is 3.74. The Labute approximate surface area is 68.8 Å². The molecule has 1 N–H and O–H groups in total. The Morgan fingerprint density at radius 2 is 2.30 bits per heavy atom. The molecule has 0 saturated heterocycles. The van der Waals surface area contributed by atoms with E-state index in [1.54, 1.807) is 6.42 Å². The molecule has 10 heavy (non-hydrogen) atoms. The lowest BCUT2D eigenvalue weighted by molar-refractivity contribution is 0.331. The molecule has 0 unspecified atom stereocenters. The van der Waals surface area contributed by atoms with Gasteiger partial charge in [0.2, 0.25) is 0 Å². The van der Waals surface area contributed by atoms with Crippen molar-refractivity contribution < 1.29 is 5.11 Å². The molecule has 1 aromatic carbocycles. The SMILES string of the molecule is OC[CH]c1cccc(Br)c1. The lowest BCUT2D eigenvalue weighted by atomic mass is 10.2. The van der Waals surface area contributed by atoms with Crippen molar-refractivity contribution in [1.82, 2.24) is 0 Å². The molecule has 0 aromatic heterocycles. The van der Waals surface area contributed by atoms with Gasteiger partial charge in [-0.15, -0.1) is 0 Å². The van der Waals surface area contributed by atoms with E-state index < -0.39 is 0 Å². The Bertz CT molecular complexity index is 210. The first-order valence-electron chi connectivity index (χ1n) is 3.02. The third-order valence-corrected chi connectivity index (χ3v) is 1.67. The van der Waals surface area contributed by atoms with E-state index in [4.69, 9.17) is 5.11 Å². The maximum Gasteiger partial charge on any atom is 0.0506 e. The maximum absolute atomic E-state index is 8.54. The summed E-state index contributed by atoms with van der Waals surface area (Å²) in [6.45, 7) is 0.0937. The number of halogens is 1. The van der Waals surface area contributed by atoms with Crippen molar-refractivity contribution in [2.24, 2.45) is 0 Å². The molecular formula is C8H8BrO. The van der Waals surface area contributed by atoms with Crippen molar-refractivity contribution in [3.63, 3.8) is 0 Å². The minimum Gasteiger partial charge on any atom is -0.396 e. The molecule has 1 aromatic rings. The molecule has 1 nitrogen and oxygen atoms in total. The molecule has 0 aliphatic rings. The molecule has 2 heteroatoms. The van der Waals surface area contributed by atoms with Gasteiger partial charge in [0.1, 0.15) is 0 Å². The van der Waals surface area contributed by atoms with Gasteiger partial charge >= 0.3 is 0 Å². The molecule has 0 bridgehead atoms. The predicted octanol–water partition coefficient (Wildman–Crippen LogP) is 1.99. The van der Waals surface area contributed by atoms with Crippen molar-refractivity contribution in [2.45, 2.75) is 0 Å². The summed E-state index contributed by atoms with van der Waals surface area (Å²) in [6, 6.07) is 7.79. The predicted molar refractivity (Wildman–Crippen MR) is 44.6 cm³/mol. The molecule has 0 aliphatic heterocycles. The largest absolute Gasteiger partial charge is 0.396 e. The molecular weight excluding hydrogens is 192 g/mol. The van der Waals surface area contributed by atoms with E-state index in [1.165, 1.54) is 0 Å². The summed E-state index contributed by atoms with van der Waals surface area (Å²) in [5, 5.41) is 8.54. The van der Waals surface area contributed by atoms with Gasteiger partial charge < -0.3 is 5.11 Å². The van der Waals surface area contributed by atoms with Gasteiger partial charge in [0.25, 0.3) is 0 Å². The summed E-state index contributed by atoms with van der Waals surface area (Å²) < 4.78 is 1.04. The third kappa shape index (κ3) is 2.12. The first kappa shape index (κ1) is 7.76. The van der Waals surface area contributed by atoms with Crippen molar-refractivity contribution >= 4 is 15.9 Å². The summed E-state index contributed by atoms with van der Waals surface area (Å²) in [5.41, 5.74) is 1.04. The van der Waals surface area contributed by atoms with Crippen LogP contribution in [0, 0.1) is 6.42 Å². The first-order chi connectivity index (χ1) is 4.83. The summed E-state index contributed by atoms with van der Waals surface area (Å²) in [5.74, 6) is 0. The van der Waals surface area contributed by atoms with Crippen LogP contribution in [0.2, 0.25) is 0 Å². The van der Waals surface area contributed by atoms with E-state index in [2.05, 4.69) is 15.9 Å². The van der Waals surface area contributed by atoms with Crippen LogP contribution in [0.1, 0.15) is 5.56 Å². The van der Waals surface area contributed by atoms with E-state index in [9.17, 15) is 0 Å². The number of hydrogen-bond acceptors (Lipinski definition) is 1. The Hall–Kier alpha value is -0.340. The van der Waals surface area contributed by atoms with Gasteiger partial charge in [-0.3, -0.25) is 0 Å². The van der Waals surface area contributed by atoms with Gasteiger partial charge in [0.05, 0.1) is 6.61 Å². The molecule has 0 aliphatic carbocycles. The normalized spacial score (nSPS) is 9.80. The Balaban J connectivity index is 2.75. The van der Waals surface area contributed by atoms with Crippen LogP contribution in [0.4, 0.5) is 0 Å². The number of benzene rings is 1. The second-order valence-electron chi connectivity index (χ2n) is 1.94. The van der Waals surface area contributed by atoms with Crippen LogP contribution >= 0.6 is 15.9 Å². The smallest absolute Gasteiger partial charge is 0.0506 e. The molecule has 0 saturated carbocycles. The van der Waals surface area contributed by atoms with Crippen LogP contribution in [0.25, 0.3) is 0 Å². The average molecular weight is 200 g/mol. The number of aliphatic hydroxyl groups excluding tert-OH is 1. The molecule has 0 spiro atoms. The highest BCUT2D eigenvalue weighted by Crippen LogP contribution is 2.12. The molecule has 1 rings (SSSR count). The molecule has 0 atom stereocenters. The lowest BCUT2D eigenvalue weighted by Gasteiger charge is -1.96. The van der Waals surface area contributed by atoms with Crippen molar-refractivity contribution in [3.8, 4) is 0 Å². The maximum atomic E-state index is 8.54. The summed E-state index contributed by atoms with van der Waals surface area (Å²) in [6.07, 6.45) is 1.75. The number of rotatable bonds is 2. The standard InChI is InChI=1S/C8H8BrO/c9-8-3-1-2-7(6-8)4-5-10/h1-4,6,10H,5H2. The average Bonchev–Trinajstić information content (AvgIpc) is 1.88. The topological polar surface area (TPSA) is 20.2 Å². The van der Waals surface area contributed by atoms with Crippen molar-refractivity contribution in [1.29, 1.82) is 0 Å². The van der Waals surface area contributed by atoms with Gasteiger partial charge in [-0.1, -0.05) is 28.1 Å². The Morgan fingerprint density at radius 1 is 1.50 bits per heavy atom. The van der Waals surface area contributed by atoms with E-state index in [-0.39, 0.29) is 6.61 Å². The zero-order valence-electron chi connectivity index (χ0n) is 5.42. The molecule has 0 heterocycles. The van der Waals surface area contributed by atoms with E-state index in [0.717, 1.165) is 10.0 Å².